The molecular formula is C13H24IN5. The van der Waals surface area contributed by atoms with Crippen molar-refractivity contribution in [1.29, 1.82) is 0 Å². The predicted molar refractivity (Wildman–Crippen MR) is 91.1 cm³/mol. The Balaban J connectivity index is 0.00000324. The molecule has 2 N–H and O–H groups in total. The zero-order valence-corrected chi connectivity index (χ0v) is 14.1. The summed E-state index contributed by atoms with van der Waals surface area (Å²) in [7, 11) is 1.93. The van der Waals surface area contributed by atoms with Gasteiger partial charge in [0.2, 0.25) is 0 Å². The zero-order valence-electron chi connectivity index (χ0n) is 11.7. The molecule has 0 atom stereocenters. The standard InChI is InChI=1S/C13H23N5.HI/c1-4-8-15-13(14-5-2)16-9-6-7-12-10-17-18(3)11-12;/h4,10-11H,1,5-9H2,2-3H3,(H2,14,15,16);1H. The van der Waals surface area contributed by atoms with E-state index in [-0.39, 0.29) is 24.0 Å². The van der Waals surface area contributed by atoms with Gasteiger partial charge in [-0.15, -0.1) is 30.6 Å². The number of hydrogen-bond acceptors (Lipinski definition) is 2. The lowest BCUT2D eigenvalue weighted by atomic mass is 10.2. The zero-order chi connectivity index (χ0) is 13.2. The molecule has 1 rings (SSSR count). The van der Waals surface area contributed by atoms with Gasteiger partial charge in [0.1, 0.15) is 0 Å². The van der Waals surface area contributed by atoms with Gasteiger partial charge in [0.25, 0.3) is 0 Å². The largest absolute Gasteiger partial charge is 0.357 e. The number of aromatic nitrogens is 2. The molecule has 0 aliphatic rings. The Bertz CT molecular complexity index is 386. The number of aryl methyl sites for hydroxylation is 2. The van der Waals surface area contributed by atoms with Crippen LogP contribution in [0.3, 0.4) is 0 Å². The average molecular weight is 377 g/mol. The molecule has 5 nitrogen and oxygen atoms in total. The molecule has 6 heteroatoms. The molecule has 0 amide bonds. The van der Waals surface area contributed by atoms with E-state index in [1.807, 2.05) is 30.2 Å². The van der Waals surface area contributed by atoms with Crippen LogP contribution in [0.1, 0.15) is 18.9 Å². The third kappa shape index (κ3) is 7.86. The summed E-state index contributed by atoms with van der Waals surface area (Å²) in [5.74, 6) is 0.851. The van der Waals surface area contributed by atoms with Crippen LogP contribution in [0.5, 0.6) is 0 Å². The average Bonchev–Trinajstić information content (AvgIpc) is 2.77. The van der Waals surface area contributed by atoms with E-state index in [1.165, 1.54) is 5.56 Å². The second kappa shape index (κ2) is 10.8. The molecule has 1 aromatic rings. The Morgan fingerprint density at radius 1 is 1.53 bits per heavy atom. The van der Waals surface area contributed by atoms with Gasteiger partial charge in [-0.1, -0.05) is 6.08 Å². The first-order valence-corrected chi connectivity index (χ1v) is 6.37. The van der Waals surface area contributed by atoms with Gasteiger partial charge < -0.3 is 10.6 Å². The van der Waals surface area contributed by atoms with Crippen molar-refractivity contribution in [2.45, 2.75) is 19.8 Å². The smallest absolute Gasteiger partial charge is 0.191 e. The summed E-state index contributed by atoms with van der Waals surface area (Å²) in [5, 5.41) is 10.5. The van der Waals surface area contributed by atoms with E-state index in [0.717, 1.165) is 38.4 Å². The maximum Gasteiger partial charge on any atom is 0.191 e. The van der Waals surface area contributed by atoms with E-state index in [0.29, 0.717) is 0 Å². The van der Waals surface area contributed by atoms with Crippen LogP contribution >= 0.6 is 24.0 Å². The molecule has 0 aliphatic carbocycles. The van der Waals surface area contributed by atoms with Gasteiger partial charge in [0.05, 0.1) is 6.20 Å². The lowest BCUT2D eigenvalue weighted by Gasteiger charge is -2.08. The van der Waals surface area contributed by atoms with Gasteiger partial charge in [0, 0.05) is 32.9 Å². The molecule has 108 valence electrons. The highest BCUT2D eigenvalue weighted by Crippen LogP contribution is 2.00. The van der Waals surface area contributed by atoms with Crippen molar-refractivity contribution >= 4 is 29.9 Å². The highest BCUT2D eigenvalue weighted by molar-refractivity contribution is 14.0. The van der Waals surface area contributed by atoms with Gasteiger partial charge in [0.15, 0.2) is 5.96 Å². The monoisotopic (exact) mass is 377 g/mol. The van der Waals surface area contributed by atoms with Crippen LogP contribution in [0.2, 0.25) is 0 Å². The summed E-state index contributed by atoms with van der Waals surface area (Å²) >= 11 is 0. The Morgan fingerprint density at radius 3 is 2.89 bits per heavy atom. The van der Waals surface area contributed by atoms with Crippen LogP contribution in [0, 0.1) is 0 Å². The van der Waals surface area contributed by atoms with E-state index in [9.17, 15) is 0 Å². The van der Waals surface area contributed by atoms with Crippen molar-refractivity contribution in [3.8, 4) is 0 Å². The second-order valence-electron chi connectivity index (χ2n) is 4.06. The summed E-state index contributed by atoms with van der Waals surface area (Å²) in [6.45, 7) is 8.14. The maximum atomic E-state index is 4.49. The molecule has 0 spiro atoms. The summed E-state index contributed by atoms with van der Waals surface area (Å²) in [4.78, 5) is 4.49. The molecule has 0 bridgehead atoms. The minimum absolute atomic E-state index is 0. The molecule has 0 radical (unpaired) electrons. The van der Waals surface area contributed by atoms with Crippen LogP contribution < -0.4 is 10.6 Å². The predicted octanol–water partition coefficient (Wildman–Crippen LogP) is 1.71. The second-order valence-corrected chi connectivity index (χ2v) is 4.06. The molecular weight excluding hydrogens is 353 g/mol. The van der Waals surface area contributed by atoms with E-state index in [2.05, 4.69) is 34.2 Å². The number of aliphatic imine (C=N–C) groups is 1. The first-order chi connectivity index (χ1) is 8.76. The lowest BCUT2D eigenvalue weighted by molar-refractivity contribution is 0.764. The van der Waals surface area contributed by atoms with Crippen molar-refractivity contribution in [2.24, 2.45) is 12.0 Å². The van der Waals surface area contributed by atoms with Gasteiger partial charge in [-0.05, 0) is 25.3 Å². The van der Waals surface area contributed by atoms with Crippen molar-refractivity contribution in [3.05, 3.63) is 30.6 Å². The highest BCUT2D eigenvalue weighted by atomic mass is 127. The number of hydrogen-bond donors (Lipinski definition) is 2. The summed E-state index contributed by atoms with van der Waals surface area (Å²) in [5.41, 5.74) is 1.26. The Labute approximate surface area is 132 Å². The topological polar surface area (TPSA) is 54.2 Å². The first-order valence-electron chi connectivity index (χ1n) is 6.37. The molecule has 0 saturated carbocycles. The number of nitrogens with one attached hydrogen (secondary N) is 2. The lowest BCUT2D eigenvalue weighted by Crippen LogP contribution is -2.37. The Morgan fingerprint density at radius 2 is 2.32 bits per heavy atom. The van der Waals surface area contributed by atoms with Crippen LogP contribution in [-0.4, -0.2) is 35.4 Å². The molecule has 0 saturated heterocycles. The van der Waals surface area contributed by atoms with Crippen molar-refractivity contribution in [3.63, 3.8) is 0 Å². The Hall–Kier alpha value is -1.05. The van der Waals surface area contributed by atoms with Crippen molar-refractivity contribution in [1.82, 2.24) is 20.4 Å². The SMILES string of the molecule is C=CCNC(=NCCCc1cnn(C)c1)NCC.I. The van der Waals surface area contributed by atoms with Gasteiger partial charge in [-0.25, -0.2) is 0 Å². The molecule has 1 heterocycles. The van der Waals surface area contributed by atoms with Crippen LogP contribution in [0.15, 0.2) is 30.0 Å². The van der Waals surface area contributed by atoms with Crippen LogP contribution in [-0.2, 0) is 13.5 Å². The van der Waals surface area contributed by atoms with E-state index in [1.54, 1.807) is 0 Å². The van der Waals surface area contributed by atoms with E-state index >= 15 is 0 Å². The van der Waals surface area contributed by atoms with E-state index in [4.69, 9.17) is 0 Å². The minimum atomic E-state index is 0. The third-order valence-corrected chi connectivity index (χ3v) is 2.41. The fraction of sp³-hybridized carbons (Fsp3) is 0.538. The summed E-state index contributed by atoms with van der Waals surface area (Å²) < 4.78 is 1.83. The van der Waals surface area contributed by atoms with Crippen molar-refractivity contribution in [2.75, 3.05) is 19.6 Å². The summed E-state index contributed by atoms with van der Waals surface area (Å²) in [6, 6.07) is 0. The molecule has 0 fully saturated rings. The van der Waals surface area contributed by atoms with Crippen molar-refractivity contribution < 1.29 is 0 Å². The third-order valence-electron chi connectivity index (χ3n) is 2.41. The van der Waals surface area contributed by atoms with Gasteiger partial charge in [-0.2, -0.15) is 5.10 Å². The number of rotatable bonds is 7. The highest BCUT2D eigenvalue weighted by Gasteiger charge is 1.97. The number of halogens is 1. The van der Waals surface area contributed by atoms with Crippen LogP contribution in [0.25, 0.3) is 0 Å². The summed E-state index contributed by atoms with van der Waals surface area (Å²) in [6.07, 6.45) is 7.81. The fourth-order valence-corrected chi connectivity index (χ4v) is 1.59. The fourth-order valence-electron chi connectivity index (χ4n) is 1.59. The molecule has 0 aromatic carbocycles. The quantitative estimate of drug-likeness (QED) is 0.250. The molecule has 1 aromatic heterocycles. The Kier molecular flexibility index (Phi) is 10.2. The number of guanidine groups is 1. The minimum Gasteiger partial charge on any atom is -0.357 e. The van der Waals surface area contributed by atoms with Gasteiger partial charge in [-0.3, -0.25) is 9.67 Å². The first kappa shape index (κ1) is 17.9. The normalized spacial score (nSPS) is 10.7. The van der Waals surface area contributed by atoms with E-state index < -0.39 is 0 Å². The number of nitrogens with zero attached hydrogens (tertiary/aromatic N) is 3. The molecule has 0 aliphatic heterocycles. The maximum absolute atomic E-state index is 4.49. The molecule has 19 heavy (non-hydrogen) atoms. The molecule has 0 unspecified atom stereocenters. The van der Waals surface area contributed by atoms with Gasteiger partial charge >= 0.3 is 0 Å². The van der Waals surface area contributed by atoms with Crippen LogP contribution in [0.4, 0.5) is 0 Å².